The van der Waals surface area contributed by atoms with Crippen molar-refractivity contribution in [2.45, 2.75) is 45.6 Å². The Bertz CT molecular complexity index is 842. The highest BCUT2D eigenvalue weighted by Crippen LogP contribution is 2.22. The van der Waals surface area contributed by atoms with Gasteiger partial charge in [-0.05, 0) is 39.3 Å². The minimum Gasteiger partial charge on any atom is -0.444 e. The first kappa shape index (κ1) is 24.8. The summed E-state index contributed by atoms with van der Waals surface area (Å²) in [5, 5.41) is 7.90. The molecule has 2 rings (SSSR count). The zero-order valence-electron chi connectivity index (χ0n) is 18.7. The number of hydrogen-bond donors (Lipinski definition) is 3. The lowest BCUT2D eigenvalue weighted by molar-refractivity contribution is -0.121. The van der Waals surface area contributed by atoms with Crippen LogP contribution < -0.4 is 16.0 Å². The van der Waals surface area contributed by atoms with Crippen LogP contribution in [0.4, 0.5) is 4.79 Å². The maximum Gasteiger partial charge on any atom is 0.407 e. The monoisotopic (exact) mass is 446 g/mol. The van der Waals surface area contributed by atoms with Gasteiger partial charge in [0.2, 0.25) is 11.8 Å². The number of rotatable bonds is 10. The van der Waals surface area contributed by atoms with Crippen molar-refractivity contribution in [1.29, 1.82) is 0 Å². The lowest BCUT2D eigenvalue weighted by Gasteiger charge is -2.19. The van der Waals surface area contributed by atoms with E-state index in [1.807, 2.05) is 0 Å². The average molecular weight is 447 g/mol. The van der Waals surface area contributed by atoms with Crippen molar-refractivity contribution in [3.8, 4) is 0 Å². The number of ether oxygens (including phenoxy) is 1. The summed E-state index contributed by atoms with van der Waals surface area (Å²) in [7, 11) is 0. The van der Waals surface area contributed by atoms with E-state index in [9.17, 15) is 24.0 Å². The van der Waals surface area contributed by atoms with E-state index in [-0.39, 0.29) is 49.6 Å². The van der Waals surface area contributed by atoms with Crippen LogP contribution in [0.15, 0.2) is 24.3 Å². The third-order valence-corrected chi connectivity index (χ3v) is 4.46. The Kier molecular flexibility index (Phi) is 8.74. The highest BCUT2D eigenvalue weighted by molar-refractivity contribution is 6.21. The van der Waals surface area contributed by atoms with E-state index in [0.29, 0.717) is 30.6 Å². The molecule has 1 heterocycles. The summed E-state index contributed by atoms with van der Waals surface area (Å²) in [6, 6.07) is 6.57. The minimum atomic E-state index is -0.596. The van der Waals surface area contributed by atoms with E-state index in [4.69, 9.17) is 4.74 Å². The van der Waals surface area contributed by atoms with Crippen molar-refractivity contribution in [3.05, 3.63) is 35.4 Å². The Labute approximate surface area is 187 Å². The van der Waals surface area contributed by atoms with Gasteiger partial charge >= 0.3 is 6.09 Å². The van der Waals surface area contributed by atoms with Crippen LogP contribution in [0.1, 0.15) is 60.7 Å². The summed E-state index contributed by atoms with van der Waals surface area (Å²) in [5.41, 5.74) is 0.117. The molecule has 0 unspecified atom stereocenters. The zero-order chi connectivity index (χ0) is 23.7. The lowest BCUT2D eigenvalue weighted by Crippen LogP contribution is -2.36. The molecule has 0 saturated carbocycles. The molecule has 174 valence electrons. The maximum absolute atomic E-state index is 12.3. The molecule has 0 saturated heterocycles. The second kappa shape index (κ2) is 11.3. The molecule has 32 heavy (non-hydrogen) atoms. The Hall–Kier alpha value is -3.43. The highest BCUT2D eigenvalue weighted by atomic mass is 16.6. The van der Waals surface area contributed by atoms with Crippen molar-refractivity contribution in [1.82, 2.24) is 20.9 Å². The van der Waals surface area contributed by atoms with Crippen LogP contribution >= 0.6 is 0 Å². The number of nitrogens with zero attached hydrogens (tertiary/aromatic N) is 1. The topological polar surface area (TPSA) is 134 Å². The standard InChI is InChI=1S/C22H30N4O6/c1-22(2,3)32-21(31)25-13-9-17(27)23-11-6-12-24-18(28)10-14-26-19(29)15-7-4-5-8-16(15)20(26)30/h4-5,7-8H,6,9-14H2,1-3H3,(H,23,27)(H,24,28)(H,25,31). The van der Waals surface area contributed by atoms with E-state index in [2.05, 4.69) is 16.0 Å². The maximum atomic E-state index is 12.3. The summed E-state index contributed by atoms with van der Waals surface area (Å²) in [6.45, 7) is 6.14. The molecule has 1 aromatic rings. The predicted molar refractivity (Wildman–Crippen MR) is 116 cm³/mol. The van der Waals surface area contributed by atoms with Crippen molar-refractivity contribution >= 4 is 29.7 Å². The van der Waals surface area contributed by atoms with Gasteiger partial charge in [0.1, 0.15) is 5.60 Å². The van der Waals surface area contributed by atoms with Gasteiger partial charge < -0.3 is 20.7 Å². The predicted octanol–water partition coefficient (Wildman–Crippen LogP) is 1.21. The Morgan fingerprint density at radius 2 is 1.38 bits per heavy atom. The van der Waals surface area contributed by atoms with E-state index < -0.39 is 11.7 Å². The molecule has 0 bridgehead atoms. The summed E-state index contributed by atoms with van der Waals surface area (Å²) in [5.74, 6) is -1.28. The molecule has 0 spiro atoms. The Morgan fingerprint density at radius 3 is 1.91 bits per heavy atom. The van der Waals surface area contributed by atoms with Crippen LogP contribution in [0.2, 0.25) is 0 Å². The van der Waals surface area contributed by atoms with Crippen molar-refractivity contribution in [2.75, 3.05) is 26.2 Å². The number of imide groups is 1. The zero-order valence-corrected chi connectivity index (χ0v) is 18.7. The van der Waals surface area contributed by atoms with Gasteiger partial charge in [-0.2, -0.15) is 0 Å². The third kappa shape index (κ3) is 7.68. The van der Waals surface area contributed by atoms with Crippen LogP contribution in [0.5, 0.6) is 0 Å². The number of carbonyl (C=O) groups is 5. The second-order valence-corrected chi connectivity index (χ2v) is 8.29. The smallest absolute Gasteiger partial charge is 0.407 e. The van der Waals surface area contributed by atoms with E-state index in [0.717, 1.165) is 4.90 Å². The van der Waals surface area contributed by atoms with Crippen LogP contribution in [0, 0.1) is 0 Å². The normalized spacial score (nSPS) is 12.9. The summed E-state index contributed by atoms with van der Waals surface area (Å²) in [4.78, 5) is 60.8. The number of nitrogens with one attached hydrogen (secondary N) is 3. The van der Waals surface area contributed by atoms with Crippen LogP contribution in [-0.2, 0) is 14.3 Å². The van der Waals surface area contributed by atoms with Crippen molar-refractivity contribution in [2.24, 2.45) is 0 Å². The molecule has 0 aromatic heterocycles. The first-order valence-electron chi connectivity index (χ1n) is 10.5. The second-order valence-electron chi connectivity index (χ2n) is 8.29. The highest BCUT2D eigenvalue weighted by Gasteiger charge is 2.34. The van der Waals surface area contributed by atoms with Crippen LogP contribution in [-0.4, -0.2) is 66.4 Å². The lowest BCUT2D eigenvalue weighted by atomic mass is 10.1. The molecule has 3 N–H and O–H groups in total. The molecule has 0 atom stereocenters. The van der Waals surface area contributed by atoms with E-state index in [1.54, 1.807) is 45.0 Å². The fourth-order valence-corrected chi connectivity index (χ4v) is 2.97. The summed E-state index contributed by atoms with van der Waals surface area (Å²) >= 11 is 0. The van der Waals surface area contributed by atoms with Gasteiger partial charge in [-0.1, -0.05) is 12.1 Å². The molecule has 1 aliphatic heterocycles. The van der Waals surface area contributed by atoms with Gasteiger partial charge in [0.05, 0.1) is 11.1 Å². The van der Waals surface area contributed by atoms with Crippen LogP contribution in [0.25, 0.3) is 0 Å². The number of alkyl carbamates (subject to hydrolysis) is 1. The van der Waals surface area contributed by atoms with E-state index >= 15 is 0 Å². The molecule has 10 heteroatoms. The number of hydrogen-bond acceptors (Lipinski definition) is 6. The average Bonchev–Trinajstić information content (AvgIpc) is 2.95. The number of carbonyl (C=O) groups excluding carboxylic acids is 5. The van der Waals surface area contributed by atoms with Gasteiger partial charge in [-0.15, -0.1) is 0 Å². The molecule has 0 aliphatic carbocycles. The molecule has 0 fully saturated rings. The SMILES string of the molecule is CC(C)(C)OC(=O)NCCC(=O)NCCCNC(=O)CCN1C(=O)c2ccccc2C1=O. The van der Waals surface area contributed by atoms with Gasteiger partial charge in [0.15, 0.2) is 0 Å². The first-order valence-corrected chi connectivity index (χ1v) is 10.5. The Morgan fingerprint density at radius 1 is 0.844 bits per heavy atom. The fraction of sp³-hybridized carbons (Fsp3) is 0.500. The number of amides is 5. The van der Waals surface area contributed by atoms with Crippen LogP contribution in [0.3, 0.4) is 0 Å². The molecule has 5 amide bonds. The van der Waals surface area contributed by atoms with Gasteiger partial charge in [0.25, 0.3) is 11.8 Å². The summed E-state index contributed by atoms with van der Waals surface area (Å²) in [6.07, 6.45) is 0.0681. The number of fused-ring (bicyclic) bond motifs is 1. The van der Waals surface area contributed by atoms with E-state index in [1.165, 1.54) is 0 Å². The molecular weight excluding hydrogens is 416 g/mol. The largest absolute Gasteiger partial charge is 0.444 e. The minimum absolute atomic E-state index is 0.00810. The first-order chi connectivity index (χ1) is 15.1. The molecular formula is C22H30N4O6. The fourth-order valence-electron chi connectivity index (χ4n) is 2.97. The number of benzene rings is 1. The van der Waals surface area contributed by atoms with Crippen molar-refractivity contribution in [3.63, 3.8) is 0 Å². The molecule has 1 aliphatic rings. The van der Waals surface area contributed by atoms with Gasteiger partial charge in [-0.3, -0.25) is 24.1 Å². The van der Waals surface area contributed by atoms with Gasteiger partial charge in [-0.25, -0.2) is 4.79 Å². The third-order valence-electron chi connectivity index (χ3n) is 4.46. The molecule has 0 radical (unpaired) electrons. The quantitative estimate of drug-likeness (QED) is 0.365. The summed E-state index contributed by atoms with van der Waals surface area (Å²) < 4.78 is 5.07. The van der Waals surface area contributed by atoms with Gasteiger partial charge in [0, 0.05) is 39.0 Å². The molecule has 10 nitrogen and oxygen atoms in total. The Balaban J connectivity index is 1.54. The molecule has 1 aromatic carbocycles. The van der Waals surface area contributed by atoms with Crippen molar-refractivity contribution < 1.29 is 28.7 Å².